The van der Waals surface area contributed by atoms with Gasteiger partial charge in [-0.05, 0) is 18.9 Å². The molecule has 1 aliphatic rings. The largest absolute Gasteiger partial charge is 0.475 e. The van der Waals surface area contributed by atoms with Gasteiger partial charge in [-0.2, -0.15) is 0 Å². The highest BCUT2D eigenvalue weighted by molar-refractivity contribution is 6.42. The standard InChI is InChI=1S/C12H13Cl2NO2/c1-3-12(4-2)11(16)15-9-5-7(13)8(14)6-10(9)17-12/h5-6H,3-4H2,1-2H3,(H,15,16). The van der Waals surface area contributed by atoms with Gasteiger partial charge in [-0.15, -0.1) is 0 Å². The fourth-order valence-electron chi connectivity index (χ4n) is 1.92. The van der Waals surface area contributed by atoms with Crippen molar-refractivity contribution in [1.29, 1.82) is 0 Å². The van der Waals surface area contributed by atoms with E-state index in [0.717, 1.165) is 0 Å². The molecular weight excluding hydrogens is 261 g/mol. The lowest BCUT2D eigenvalue weighted by Crippen LogP contribution is -2.49. The third-order valence-electron chi connectivity index (χ3n) is 3.13. The van der Waals surface area contributed by atoms with Crippen LogP contribution in [-0.2, 0) is 4.79 Å². The minimum atomic E-state index is -0.801. The first kappa shape index (κ1) is 12.5. The molecule has 2 rings (SSSR count). The van der Waals surface area contributed by atoms with Crippen molar-refractivity contribution in [2.24, 2.45) is 0 Å². The highest BCUT2D eigenvalue weighted by Crippen LogP contribution is 2.41. The molecule has 0 spiro atoms. The van der Waals surface area contributed by atoms with E-state index in [0.29, 0.717) is 34.3 Å². The Bertz CT molecular complexity index is 470. The van der Waals surface area contributed by atoms with E-state index in [2.05, 4.69) is 5.32 Å². The van der Waals surface area contributed by atoms with Crippen LogP contribution in [0.3, 0.4) is 0 Å². The number of carbonyl (C=O) groups is 1. The average Bonchev–Trinajstić information content (AvgIpc) is 2.31. The van der Waals surface area contributed by atoms with E-state index in [1.54, 1.807) is 12.1 Å². The molecule has 0 bridgehead atoms. The third kappa shape index (κ3) is 1.98. The van der Waals surface area contributed by atoms with Crippen LogP contribution in [-0.4, -0.2) is 11.5 Å². The van der Waals surface area contributed by atoms with E-state index in [4.69, 9.17) is 27.9 Å². The number of ether oxygens (including phenoxy) is 1. The Balaban J connectivity index is 2.47. The average molecular weight is 274 g/mol. The summed E-state index contributed by atoms with van der Waals surface area (Å²) in [5.74, 6) is 0.441. The third-order valence-corrected chi connectivity index (χ3v) is 3.85. The van der Waals surface area contributed by atoms with E-state index in [9.17, 15) is 4.79 Å². The summed E-state index contributed by atoms with van der Waals surface area (Å²) in [4.78, 5) is 12.0. The second-order valence-corrected chi connectivity index (χ2v) is 4.83. The Hall–Kier alpha value is -0.930. The zero-order chi connectivity index (χ0) is 12.6. The van der Waals surface area contributed by atoms with E-state index in [-0.39, 0.29) is 5.91 Å². The van der Waals surface area contributed by atoms with Crippen LogP contribution >= 0.6 is 23.2 Å². The normalized spacial score (nSPS) is 17.1. The van der Waals surface area contributed by atoms with E-state index < -0.39 is 5.60 Å². The van der Waals surface area contributed by atoms with E-state index >= 15 is 0 Å². The van der Waals surface area contributed by atoms with Crippen molar-refractivity contribution in [1.82, 2.24) is 0 Å². The monoisotopic (exact) mass is 273 g/mol. The Morgan fingerprint density at radius 2 is 1.82 bits per heavy atom. The molecule has 0 saturated heterocycles. The Labute approximate surface area is 110 Å². The van der Waals surface area contributed by atoms with Gasteiger partial charge in [0.25, 0.3) is 5.91 Å². The van der Waals surface area contributed by atoms with Gasteiger partial charge in [0.2, 0.25) is 0 Å². The van der Waals surface area contributed by atoms with E-state index in [1.165, 1.54) is 0 Å². The summed E-state index contributed by atoms with van der Waals surface area (Å²) in [6.07, 6.45) is 1.21. The number of rotatable bonds is 2. The summed E-state index contributed by atoms with van der Waals surface area (Å²) >= 11 is 11.8. The van der Waals surface area contributed by atoms with Crippen LogP contribution in [0.2, 0.25) is 10.0 Å². The van der Waals surface area contributed by atoms with Crippen molar-refractivity contribution in [3.8, 4) is 5.75 Å². The molecule has 0 unspecified atom stereocenters. The van der Waals surface area contributed by atoms with Gasteiger partial charge in [-0.1, -0.05) is 37.0 Å². The number of hydrogen-bond acceptors (Lipinski definition) is 2. The molecule has 1 heterocycles. The summed E-state index contributed by atoms with van der Waals surface area (Å²) in [7, 11) is 0. The Morgan fingerprint density at radius 1 is 1.24 bits per heavy atom. The molecule has 0 atom stereocenters. The van der Waals surface area contributed by atoms with Crippen molar-refractivity contribution in [3.05, 3.63) is 22.2 Å². The number of hydrogen-bond donors (Lipinski definition) is 1. The molecule has 0 fully saturated rings. The van der Waals surface area contributed by atoms with E-state index in [1.807, 2.05) is 13.8 Å². The van der Waals surface area contributed by atoms with Crippen LogP contribution in [0.15, 0.2) is 12.1 Å². The van der Waals surface area contributed by atoms with Gasteiger partial charge < -0.3 is 10.1 Å². The molecule has 17 heavy (non-hydrogen) atoms. The maximum Gasteiger partial charge on any atom is 0.268 e. The fourth-order valence-corrected chi connectivity index (χ4v) is 2.24. The second kappa shape index (κ2) is 4.39. The minimum Gasteiger partial charge on any atom is -0.475 e. The molecule has 0 aromatic heterocycles. The van der Waals surface area contributed by atoms with Crippen LogP contribution in [0, 0.1) is 0 Å². The number of benzene rings is 1. The number of fused-ring (bicyclic) bond motifs is 1. The molecule has 1 aliphatic heterocycles. The number of amides is 1. The first-order chi connectivity index (χ1) is 8.02. The summed E-state index contributed by atoms with van der Waals surface area (Å²) in [6, 6.07) is 3.24. The van der Waals surface area contributed by atoms with Gasteiger partial charge in [0.1, 0.15) is 5.75 Å². The quantitative estimate of drug-likeness (QED) is 0.888. The minimum absolute atomic E-state index is 0.131. The highest BCUT2D eigenvalue weighted by Gasteiger charge is 2.41. The topological polar surface area (TPSA) is 38.3 Å². The molecule has 5 heteroatoms. The van der Waals surface area contributed by atoms with Crippen molar-refractivity contribution in [2.75, 3.05) is 5.32 Å². The van der Waals surface area contributed by atoms with Gasteiger partial charge in [-0.25, -0.2) is 0 Å². The smallest absolute Gasteiger partial charge is 0.268 e. The molecular formula is C12H13Cl2NO2. The zero-order valence-electron chi connectivity index (χ0n) is 9.64. The molecule has 0 saturated carbocycles. The van der Waals surface area contributed by atoms with Gasteiger partial charge in [-0.3, -0.25) is 4.79 Å². The van der Waals surface area contributed by atoms with Gasteiger partial charge in [0, 0.05) is 6.07 Å². The molecule has 3 nitrogen and oxygen atoms in total. The number of nitrogens with one attached hydrogen (secondary N) is 1. The van der Waals surface area contributed by atoms with Crippen LogP contribution in [0.1, 0.15) is 26.7 Å². The molecule has 0 aliphatic carbocycles. The van der Waals surface area contributed by atoms with Crippen LogP contribution in [0.4, 0.5) is 5.69 Å². The van der Waals surface area contributed by atoms with Gasteiger partial charge in [0.15, 0.2) is 5.60 Å². The summed E-state index contributed by atoms with van der Waals surface area (Å²) in [5, 5.41) is 3.63. The zero-order valence-corrected chi connectivity index (χ0v) is 11.2. The number of anilines is 1. The lowest BCUT2D eigenvalue weighted by atomic mass is 9.94. The maximum absolute atomic E-state index is 12.0. The molecule has 1 aromatic rings. The summed E-state index contributed by atoms with van der Waals surface area (Å²) in [5.41, 5.74) is -0.230. The van der Waals surface area contributed by atoms with Crippen molar-refractivity contribution in [2.45, 2.75) is 32.3 Å². The molecule has 92 valence electrons. The fraction of sp³-hybridized carbons (Fsp3) is 0.417. The van der Waals surface area contributed by atoms with Crippen LogP contribution < -0.4 is 10.1 Å². The van der Waals surface area contributed by atoms with Gasteiger partial charge in [0.05, 0.1) is 15.7 Å². The Morgan fingerprint density at radius 3 is 2.41 bits per heavy atom. The van der Waals surface area contributed by atoms with Crippen molar-refractivity contribution < 1.29 is 9.53 Å². The summed E-state index contributed by atoms with van der Waals surface area (Å²) in [6.45, 7) is 3.84. The van der Waals surface area contributed by atoms with Crippen molar-refractivity contribution in [3.63, 3.8) is 0 Å². The molecule has 1 aromatic carbocycles. The first-order valence-corrected chi connectivity index (χ1v) is 6.27. The van der Waals surface area contributed by atoms with Crippen molar-refractivity contribution >= 4 is 34.8 Å². The Kier molecular flexibility index (Phi) is 3.23. The van der Waals surface area contributed by atoms with Crippen LogP contribution in [0.5, 0.6) is 5.75 Å². The summed E-state index contributed by atoms with van der Waals surface area (Å²) < 4.78 is 5.81. The molecule has 0 radical (unpaired) electrons. The predicted molar refractivity (Wildman–Crippen MR) is 69.0 cm³/mol. The van der Waals surface area contributed by atoms with Crippen LogP contribution in [0.25, 0.3) is 0 Å². The first-order valence-electron chi connectivity index (χ1n) is 5.52. The maximum atomic E-state index is 12.0. The van der Waals surface area contributed by atoms with Gasteiger partial charge >= 0.3 is 0 Å². The highest BCUT2D eigenvalue weighted by atomic mass is 35.5. The lowest BCUT2D eigenvalue weighted by molar-refractivity contribution is -0.133. The SMILES string of the molecule is CCC1(CC)Oc2cc(Cl)c(Cl)cc2NC1=O. The lowest BCUT2D eigenvalue weighted by Gasteiger charge is -2.36. The molecule has 1 amide bonds. The number of halogens is 2. The predicted octanol–water partition coefficient (Wildman–Crippen LogP) is 3.88. The second-order valence-electron chi connectivity index (χ2n) is 4.02. The number of carbonyl (C=O) groups excluding carboxylic acids is 1. The molecule has 1 N–H and O–H groups in total.